The molecule has 0 atom stereocenters. The summed E-state index contributed by atoms with van der Waals surface area (Å²) < 4.78 is 0. The number of nitrogens with zero attached hydrogens (tertiary/aromatic N) is 1. The second-order valence-corrected chi connectivity index (χ2v) is 5.07. The Morgan fingerprint density at radius 2 is 1.79 bits per heavy atom. The van der Waals surface area contributed by atoms with Gasteiger partial charge in [-0.1, -0.05) is 26.0 Å². The van der Waals surface area contributed by atoms with Crippen LogP contribution in [0.3, 0.4) is 0 Å². The minimum atomic E-state index is 0.0793. The summed E-state index contributed by atoms with van der Waals surface area (Å²) in [5.74, 6) is 0.0793. The van der Waals surface area contributed by atoms with E-state index in [9.17, 15) is 4.79 Å². The minimum absolute atomic E-state index is 0.0793. The molecule has 0 unspecified atom stereocenters. The molecule has 0 bridgehead atoms. The number of rotatable bonds is 7. The predicted molar refractivity (Wildman–Crippen MR) is 81.6 cm³/mol. The monoisotopic (exact) mass is 262 g/mol. The van der Waals surface area contributed by atoms with Gasteiger partial charge in [-0.3, -0.25) is 9.69 Å². The van der Waals surface area contributed by atoms with Gasteiger partial charge in [-0.05, 0) is 57.0 Å². The van der Waals surface area contributed by atoms with Gasteiger partial charge >= 0.3 is 0 Å². The minimum Gasteiger partial charge on any atom is -0.325 e. The fraction of sp³-hybridized carbons (Fsp3) is 0.562. The Hall–Kier alpha value is -1.35. The smallest absolute Gasteiger partial charge is 0.238 e. The molecule has 1 amide bonds. The van der Waals surface area contributed by atoms with E-state index in [1.807, 2.05) is 19.1 Å². The molecule has 19 heavy (non-hydrogen) atoms. The van der Waals surface area contributed by atoms with E-state index in [1.165, 1.54) is 5.56 Å². The Labute approximate surface area is 117 Å². The van der Waals surface area contributed by atoms with Crippen LogP contribution in [0.1, 0.15) is 37.8 Å². The summed E-state index contributed by atoms with van der Waals surface area (Å²) in [6.45, 7) is 10.8. The summed E-state index contributed by atoms with van der Waals surface area (Å²) in [6.07, 6.45) is 2.16. The van der Waals surface area contributed by atoms with Crippen LogP contribution in [-0.2, 0) is 4.79 Å². The molecule has 0 fully saturated rings. The number of hydrogen-bond acceptors (Lipinski definition) is 2. The SMILES string of the molecule is CCCN(CCC)CC(=O)Nc1cccc(C)c1C. The van der Waals surface area contributed by atoms with Crippen molar-refractivity contribution >= 4 is 11.6 Å². The quantitative estimate of drug-likeness (QED) is 0.817. The highest BCUT2D eigenvalue weighted by Crippen LogP contribution is 2.17. The molecular weight excluding hydrogens is 236 g/mol. The first-order valence-corrected chi connectivity index (χ1v) is 7.16. The number of nitrogens with one attached hydrogen (secondary N) is 1. The van der Waals surface area contributed by atoms with Crippen LogP contribution in [0.25, 0.3) is 0 Å². The van der Waals surface area contributed by atoms with Gasteiger partial charge < -0.3 is 5.32 Å². The maximum atomic E-state index is 12.1. The van der Waals surface area contributed by atoms with Gasteiger partial charge in [0.2, 0.25) is 5.91 Å². The topological polar surface area (TPSA) is 32.3 Å². The van der Waals surface area contributed by atoms with Gasteiger partial charge in [0.05, 0.1) is 6.54 Å². The van der Waals surface area contributed by atoms with E-state index >= 15 is 0 Å². The van der Waals surface area contributed by atoms with E-state index in [1.54, 1.807) is 0 Å². The Morgan fingerprint density at radius 3 is 2.37 bits per heavy atom. The van der Waals surface area contributed by atoms with Crippen molar-refractivity contribution in [3.8, 4) is 0 Å². The second-order valence-electron chi connectivity index (χ2n) is 5.07. The lowest BCUT2D eigenvalue weighted by Crippen LogP contribution is -2.34. The Morgan fingerprint density at radius 1 is 1.16 bits per heavy atom. The first kappa shape index (κ1) is 15.7. The third-order valence-electron chi connectivity index (χ3n) is 3.33. The van der Waals surface area contributed by atoms with Crippen LogP contribution in [0.2, 0.25) is 0 Å². The van der Waals surface area contributed by atoms with Gasteiger partial charge in [0.1, 0.15) is 0 Å². The van der Waals surface area contributed by atoms with E-state index in [2.05, 4.69) is 37.1 Å². The van der Waals surface area contributed by atoms with Gasteiger partial charge in [-0.25, -0.2) is 0 Å². The van der Waals surface area contributed by atoms with Crippen molar-refractivity contribution in [3.05, 3.63) is 29.3 Å². The van der Waals surface area contributed by atoms with Crippen LogP contribution >= 0.6 is 0 Å². The highest BCUT2D eigenvalue weighted by Gasteiger charge is 2.10. The first-order chi connectivity index (χ1) is 9.08. The maximum Gasteiger partial charge on any atom is 0.238 e. The normalized spacial score (nSPS) is 10.8. The van der Waals surface area contributed by atoms with Crippen LogP contribution in [0.15, 0.2) is 18.2 Å². The number of amides is 1. The lowest BCUT2D eigenvalue weighted by Gasteiger charge is -2.20. The fourth-order valence-corrected chi connectivity index (χ4v) is 2.18. The lowest BCUT2D eigenvalue weighted by molar-refractivity contribution is -0.117. The molecule has 1 N–H and O–H groups in total. The van der Waals surface area contributed by atoms with Crippen molar-refractivity contribution in [3.63, 3.8) is 0 Å². The van der Waals surface area contributed by atoms with Gasteiger partial charge in [0.25, 0.3) is 0 Å². The molecule has 0 aliphatic rings. The van der Waals surface area contributed by atoms with Crippen LogP contribution in [0.5, 0.6) is 0 Å². The maximum absolute atomic E-state index is 12.1. The van der Waals surface area contributed by atoms with Gasteiger partial charge in [-0.2, -0.15) is 0 Å². The van der Waals surface area contributed by atoms with E-state index in [0.717, 1.165) is 37.2 Å². The van der Waals surface area contributed by atoms with Crippen molar-refractivity contribution in [1.82, 2.24) is 4.90 Å². The molecule has 0 aromatic heterocycles. The number of benzene rings is 1. The van der Waals surface area contributed by atoms with Crippen LogP contribution in [0.4, 0.5) is 5.69 Å². The van der Waals surface area contributed by atoms with Crippen molar-refractivity contribution in [2.24, 2.45) is 0 Å². The molecule has 0 radical (unpaired) electrons. The number of aryl methyl sites for hydroxylation is 1. The molecule has 0 aliphatic heterocycles. The molecule has 3 heteroatoms. The number of carbonyl (C=O) groups excluding carboxylic acids is 1. The molecule has 3 nitrogen and oxygen atoms in total. The zero-order chi connectivity index (χ0) is 14.3. The number of anilines is 1. The molecule has 1 rings (SSSR count). The third kappa shape index (κ3) is 5.03. The predicted octanol–water partition coefficient (Wildman–Crippen LogP) is 3.36. The molecule has 1 aromatic rings. The molecule has 0 aliphatic carbocycles. The largest absolute Gasteiger partial charge is 0.325 e. The van der Waals surface area contributed by atoms with Gasteiger partial charge in [0, 0.05) is 5.69 Å². The van der Waals surface area contributed by atoms with Crippen molar-refractivity contribution in [2.75, 3.05) is 25.0 Å². The van der Waals surface area contributed by atoms with E-state index in [0.29, 0.717) is 6.54 Å². The molecule has 0 saturated carbocycles. The number of carbonyl (C=O) groups is 1. The molecule has 0 saturated heterocycles. The Kier molecular flexibility index (Phi) is 6.57. The van der Waals surface area contributed by atoms with Gasteiger partial charge in [-0.15, -0.1) is 0 Å². The lowest BCUT2D eigenvalue weighted by atomic mass is 10.1. The van der Waals surface area contributed by atoms with Crippen LogP contribution in [0, 0.1) is 13.8 Å². The number of hydrogen-bond donors (Lipinski definition) is 1. The van der Waals surface area contributed by atoms with E-state index in [-0.39, 0.29) is 5.91 Å². The molecule has 1 aromatic carbocycles. The summed E-state index contributed by atoms with van der Waals surface area (Å²) in [5.41, 5.74) is 3.28. The van der Waals surface area contributed by atoms with Crippen molar-refractivity contribution in [2.45, 2.75) is 40.5 Å². The molecule has 106 valence electrons. The highest BCUT2D eigenvalue weighted by molar-refractivity contribution is 5.93. The molecular formula is C16H26N2O. The summed E-state index contributed by atoms with van der Waals surface area (Å²) >= 11 is 0. The van der Waals surface area contributed by atoms with Crippen molar-refractivity contribution in [1.29, 1.82) is 0 Å². The average Bonchev–Trinajstić information content (AvgIpc) is 2.35. The van der Waals surface area contributed by atoms with Crippen LogP contribution in [-0.4, -0.2) is 30.4 Å². The van der Waals surface area contributed by atoms with E-state index in [4.69, 9.17) is 0 Å². The zero-order valence-corrected chi connectivity index (χ0v) is 12.6. The Balaban J connectivity index is 2.61. The zero-order valence-electron chi connectivity index (χ0n) is 12.6. The Bertz CT molecular complexity index is 409. The average molecular weight is 262 g/mol. The van der Waals surface area contributed by atoms with Gasteiger partial charge in [0.15, 0.2) is 0 Å². The third-order valence-corrected chi connectivity index (χ3v) is 3.33. The summed E-state index contributed by atoms with van der Waals surface area (Å²) in [6, 6.07) is 6.00. The standard InChI is InChI=1S/C16H26N2O/c1-5-10-18(11-6-2)12-16(19)17-15-9-7-8-13(3)14(15)4/h7-9H,5-6,10-12H2,1-4H3,(H,17,19). The van der Waals surface area contributed by atoms with E-state index < -0.39 is 0 Å². The summed E-state index contributed by atoms with van der Waals surface area (Å²) in [5, 5.41) is 3.02. The summed E-state index contributed by atoms with van der Waals surface area (Å²) in [7, 11) is 0. The van der Waals surface area contributed by atoms with Crippen molar-refractivity contribution < 1.29 is 4.79 Å². The molecule has 0 spiro atoms. The molecule has 0 heterocycles. The fourth-order valence-electron chi connectivity index (χ4n) is 2.18. The first-order valence-electron chi connectivity index (χ1n) is 7.16. The van der Waals surface area contributed by atoms with Crippen LogP contribution < -0.4 is 5.32 Å². The second kappa shape index (κ2) is 7.95. The summed E-state index contributed by atoms with van der Waals surface area (Å²) in [4.78, 5) is 14.3. The highest BCUT2D eigenvalue weighted by atomic mass is 16.2.